The van der Waals surface area contributed by atoms with Crippen LogP contribution in [0, 0.1) is 5.92 Å². The van der Waals surface area contributed by atoms with Gasteiger partial charge in [0.2, 0.25) is 0 Å². The zero-order chi connectivity index (χ0) is 25.1. The Morgan fingerprint density at radius 2 is 1.71 bits per heavy atom. The second kappa shape index (κ2) is 10.4. The molecule has 6 heteroatoms. The van der Waals surface area contributed by atoms with E-state index in [9.17, 15) is 9.59 Å². The van der Waals surface area contributed by atoms with Gasteiger partial charge in [-0.05, 0) is 48.4 Å². The van der Waals surface area contributed by atoms with Crippen LogP contribution < -0.4 is 14.8 Å². The number of benzene rings is 2. The number of allylic oxidation sites excluding steroid dienone is 3. The normalized spacial score (nSPS) is 19.9. The fourth-order valence-corrected chi connectivity index (χ4v) is 4.96. The van der Waals surface area contributed by atoms with Gasteiger partial charge in [-0.3, -0.25) is 4.79 Å². The standard InChI is InChI=1S/C29H33NO5/c1-17(2)16-35-29(32)26-18(3)30-22-13-21(19-9-7-6-8-10-19)14-23(31)28(22)27(26)20-11-12-24(33-4)25(15-20)34-5/h6-12,15,17,21,27,30H,13-14,16H2,1-5H3/t21-,27+/m0/s1. The Morgan fingerprint density at radius 3 is 2.37 bits per heavy atom. The minimum absolute atomic E-state index is 0.0362. The summed E-state index contributed by atoms with van der Waals surface area (Å²) in [7, 11) is 3.15. The molecule has 0 fully saturated rings. The van der Waals surface area contributed by atoms with E-state index in [1.165, 1.54) is 0 Å². The summed E-state index contributed by atoms with van der Waals surface area (Å²) in [6.07, 6.45) is 1.09. The lowest BCUT2D eigenvalue weighted by atomic mass is 9.71. The van der Waals surface area contributed by atoms with Crippen LogP contribution in [0.2, 0.25) is 0 Å². The van der Waals surface area contributed by atoms with E-state index in [1.807, 2.05) is 57.2 Å². The number of carbonyl (C=O) groups is 2. The van der Waals surface area contributed by atoms with Crippen LogP contribution in [-0.4, -0.2) is 32.6 Å². The molecule has 2 atom stereocenters. The summed E-state index contributed by atoms with van der Waals surface area (Å²) < 4.78 is 16.6. The summed E-state index contributed by atoms with van der Waals surface area (Å²) in [4.78, 5) is 27.0. The van der Waals surface area contributed by atoms with Crippen LogP contribution in [0.1, 0.15) is 56.6 Å². The maximum Gasteiger partial charge on any atom is 0.336 e. The van der Waals surface area contributed by atoms with Crippen molar-refractivity contribution in [1.82, 2.24) is 5.32 Å². The van der Waals surface area contributed by atoms with Crippen LogP contribution in [0.25, 0.3) is 0 Å². The molecule has 35 heavy (non-hydrogen) atoms. The van der Waals surface area contributed by atoms with Gasteiger partial charge in [0, 0.05) is 29.3 Å². The zero-order valence-electron chi connectivity index (χ0n) is 21.0. The molecule has 1 aliphatic heterocycles. The first-order valence-corrected chi connectivity index (χ1v) is 12.0. The van der Waals surface area contributed by atoms with Crippen LogP contribution in [0.5, 0.6) is 11.5 Å². The molecule has 0 spiro atoms. The van der Waals surface area contributed by atoms with Gasteiger partial charge in [-0.25, -0.2) is 4.79 Å². The Bertz CT molecular complexity index is 1180. The van der Waals surface area contributed by atoms with E-state index >= 15 is 0 Å². The summed E-state index contributed by atoms with van der Waals surface area (Å²) in [6.45, 7) is 6.17. The van der Waals surface area contributed by atoms with Crippen molar-refractivity contribution in [3.8, 4) is 11.5 Å². The lowest BCUT2D eigenvalue weighted by Gasteiger charge is -2.37. The number of ether oxygens (including phenoxy) is 3. The monoisotopic (exact) mass is 475 g/mol. The molecule has 0 radical (unpaired) electrons. The molecule has 6 nitrogen and oxygen atoms in total. The van der Waals surface area contributed by atoms with Gasteiger partial charge >= 0.3 is 5.97 Å². The molecule has 4 rings (SSSR count). The van der Waals surface area contributed by atoms with E-state index in [1.54, 1.807) is 14.2 Å². The molecule has 0 saturated heterocycles. The van der Waals surface area contributed by atoms with E-state index in [2.05, 4.69) is 17.4 Å². The summed E-state index contributed by atoms with van der Waals surface area (Å²) >= 11 is 0. The SMILES string of the molecule is COc1ccc([C@@H]2C(C(=O)OCC(C)C)=C(C)NC3=C2C(=O)C[C@@H](c2ccccc2)C3)cc1OC. The molecule has 1 aliphatic carbocycles. The van der Waals surface area contributed by atoms with Crippen molar-refractivity contribution in [2.45, 2.75) is 45.4 Å². The summed E-state index contributed by atoms with van der Waals surface area (Å²) in [6, 6.07) is 15.7. The van der Waals surface area contributed by atoms with E-state index in [0.717, 1.165) is 16.8 Å². The lowest BCUT2D eigenvalue weighted by molar-refractivity contribution is -0.140. The Hall–Kier alpha value is -3.54. The molecule has 0 amide bonds. The number of rotatable bonds is 7. The Balaban J connectivity index is 1.81. The highest BCUT2D eigenvalue weighted by Gasteiger charge is 2.41. The number of hydrogen-bond donors (Lipinski definition) is 1. The lowest BCUT2D eigenvalue weighted by Crippen LogP contribution is -2.36. The van der Waals surface area contributed by atoms with Gasteiger partial charge in [-0.15, -0.1) is 0 Å². The fourth-order valence-electron chi connectivity index (χ4n) is 4.96. The molecule has 1 N–H and O–H groups in total. The van der Waals surface area contributed by atoms with Crippen molar-refractivity contribution in [2.24, 2.45) is 5.92 Å². The van der Waals surface area contributed by atoms with E-state index in [-0.39, 0.29) is 17.6 Å². The Morgan fingerprint density at radius 1 is 1.00 bits per heavy atom. The Kier molecular flexibility index (Phi) is 7.29. The molecule has 2 aliphatic rings. The van der Waals surface area contributed by atoms with Crippen molar-refractivity contribution < 1.29 is 23.8 Å². The van der Waals surface area contributed by atoms with Crippen molar-refractivity contribution in [1.29, 1.82) is 0 Å². The van der Waals surface area contributed by atoms with Crippen molar-refractivity contribution in [2.75, 3.05) is 20.8 Å². The van der Waals surface area contributed by atoms with Gasteiger partial charge in [0.1, 0.15) is 0 Å². The van der Waals surface area contributed by atoms with Crippen LogP contribution in [0.4, 0.5) is 0 Å². The second-order valence-corrected chi connectivity index (χ2v) is 9.53. The minimum Gasteiger partial charge on any atom is -0.493 e. The van der Waals surface area contributed by atoms with Gasteiger partial charge in [0.25, 0.3) is 0 Å². The third-order valence-electron chi connectivity index (χ3n) is 6.61. The predicted octanol–water partition coefficient (Wildman–Crippen LogP) is 5.26. The maximum atomic E-state index is 13.7. The zero-order valence-corrected chi connectivity index (χ0v) is 21.0. The molecular weight excluding hydrogens is 442 g/mol. The molecule has 0 saturated carbocycles. The number of ketones is 1. The van der Waals surface area contributed by atoms with Crippen molar-refractivity contribution in [3.05, 3.63) is 82.2 Å². The largest absolute Gasteiger partial charge is 0.493 e. The smallest absolute Gasteiger partial charge is 0.336 e. The molecule has 0 bridgehead atoms. The van der Waals surface area contributed by atoms with Crippen molar-refractivity contribution >= 4 is 11.8 Å². The van der Waals surface area contributed by atoms with Crippen molar-refractivity contribution in [3.63, 3.8) is 0 Å². The molecule has 0 aromatic heterocycles. The highest BCUT2D eigenvalue weighted by atomic mass is 16.5. The first kappa shape index (κ1) is 24.6. The van der Waals surface area contributed by atoms with Crippen LogP contribution >= 0.6 is 0 Å². The third-order valence-corrected chi connectivity index (χ3v) is 6.61. The topological polar surface area (TPSA) is 73.9 Å². The number of esters is 1. The number of methoxy groups -OCH3 is 2. The average molecular weight is 476 g/mol. The molecule has 184 valence electrons. The Labute approximate surface area is 207 Å². The van der Waals surface area contributed by atoms with Gasteiger partial charge in [-0.2, -0.15) is 0 Å². The molecular formula is C29H33NO5. The number of carbonyl (C=O) groups excluding carboxylic acids is 2. The first-order valence-electron chi connectivity index (χ1n) is 12.0. The number of hydrogen-bond acceptors (Lipinski definition) is 6. The second-order valence-electron chi connectivity index (χ2n) is 9.53. The number of nitrogens with one attached hydrogen (secondary N) is 1. The van der Waals surface area contributed by atoms with Gasteiger partial charge in [0.05, 0.1) is 26.4 Å². The molecule has 1 heterocycles. The van der Waals surface area contributed by atoms with Crippen LogP contribution in [0.15, 0.2) is 71.1 Å². The summed E-state index contributed by atoms with van der Waals surface area (Å²) in [5.74, 6) is 0.501. The van der Waals surface area contributed by atoms with Gasteiger partial charge in [-0.1, -0.05) is 50.2 Å². The van der Waals surface area contributed by atoms with Gasteiger partial charge < -0.3 is 19.5 Å². The molecule has 2 aromatic rings. The minimum atomic E-state index is -0.546. The summed E-state index contributed by atoms with van der Waals surface area (Å²) in [5.41, 5.74) is 4.60. The third kappa shape index (κ3) is 4.97. The van der Waals surface area contributed by atoms with E-state index in [4.69, 9.17) is 14.2 Å². The van der Waals surface area contributed by atoms with E-state index in [0.29, 0.717) is 47.8 Å². The number of Topliss-reactive ketones (excluding diaryl/α,β-unsaturated/α-hetero) is 1. The fraction of sp³-hybridized carbons (Fsp3) is 0.379. The molecule has 0 unspecified atom stereocenters. The highest BCUT2D eigenvalue weighted by molar-refractivity contribution is 6.04. The van der Waals surface area contributed by atoms with Gasteiger partial charge in [0.15, 0.2) is 17.3 Å². The first-order chi connectivity index (χ1) is 16.8. The van der Waals surface area contributed by atoms with Crippen LogP contribution in [-0.2, 0) is 14.3 Å². The average Bonchev–Trinajstić information content (AvgIpc) is 2.86. The predicted molar refractivity (Wildman–Crippen MR) is 134 cm³/mol. The molecule has 2 aromatic carbocycles. The number of dihydropyridines is 1. The van der Waals surface area contributed by atoms with Crippen LogP contribution in [0.3, 0.4) is 0 Å². The maximum absolute atomic E-state index is 13.7. The summed E-state index contributed by atoms with van der Waals surface area (Å²) in [5, 5.41) is 3.40. The highest BCUT2D eigenvalue weighted by Crippen LogP contribution is 2.47. The van der Waals surface area contributed by atoms with E-state index < -0.39 is 11.9 Å². The quantitative estimate of drug-likeness (QED) is 0.551.